The Kier molecular flexibility index (Phi) is 16.4. The molecule has 0 radical (unpaired) electrons. The number of hydrogen-bond donors (Lipinski definition) is 0. The lowest BCUT2D eigenvalue weighted by atomic mass is 10.1. The van der Waals surface area contributed by atoms with Crippen LogP contribution < -0.4 is 0 Å². The summed E-state index contributed by atoms with van der Waals surface area (Å²) < 4.78 is 11.2. The maximum atomic E-state index is 5.59. The second-order valence-electron chi connectivity index (χ2n) is 5.55. The van der Waals surface area contributed by atoms with E-state index in [4.69, 9.17) is 9.47 Å². The van der Waals surface area contributed by atoms with Crippen LogP contribution in [0.1, 0.15) is 91.4 Å². The van der Waals surface area contributed by atoms with Crippen molar-refractivity contribution in [2.24, 2.45) is 0 Å². The van der Waals surface area contributed by atoms with Crippen LogP contribution in [-0.4, -0.2) is 6.29 Å². The highest BCUT2D eigenvalue weighted by Gasteiger charge is 2.01. The Bertz CT molecular complexity index is 222. The van der Waals surface area contributed by atoms with Crippen molar-refractivity contribution in [2.45, 2.75) is 97.7 Å². The molecule has 0 saturated heterocycles. The van der Waals surface area contributed by atoms with E-state index in [0.717, 1.165) is 19.3 Å². The molecule has 0 heterocycles. The molecule has 0 aliphatic rings. The normalized spacial score (nSPS) is 11.8. The lowest BCUT2D eigenvalue weighted by Gasteiger charge is -2.13. The van der Waals surface area contributed by atoms with Gasteiger partial charge in [0.2, 0.25) is 6.29 Å². The zero-order valence-corrected chi connectivity index (χ0v) is 14.5. The molecule has 0 spiro atoms. The molecule has 0 aromatic rings. The van der Waals surface area contributed by atoms with Crippen LogP contribution in [0.4, 0.5) is 0 Å². The van der Waals surface area contributed by atoms with Gasteiger partial charge in [0.15, 0.2) is 0 Å². The van der Waals surface area contributed by atoms with Gasteiger partial charge in [0.25, 0.3) is 0 Å². The first-order valence-corrected chi connectivity index (χ1v) is 8.96. The Morgan fingerprint density at radius 1 is 0.667 bits per heavy atom. The molecule has 2 heteroatoms. The number of allylic oxidation sites excluding steroid dienone is 2. The molecule has 0 aromatic heterocycles. The van der Waals surface area contributed by atoms with E-state index in [1.54, 1.807) is 12.5 Å². The molecule has 21 heavy (non-hydrogen) atoms. The first kappa shape index (κ1) is 20.1. The van der Waals surface area contributed by atoms with Gasteiger partial charge in [-0.2, -0.15) is 0 Å². The van der Waals surface area contributed by atoms with Crippen LogP contribution in [-0.2, 0) is 9.47 Å². The minimum atomic E-state index is -0.149. The smallest absolute Gasteiger partial charge is 0.239 e. The van der Waals surface area contributed by atoms with E-state index >= 15 is 0 Å². The third-order valence-corrected chi connectivity index (χ3v) is 3.44. The molecule has 124 valence electrons. The van der Waals surface area contributed by atoms with E-state index in [9.17, 15) is 0 Å². The van der Waals surface area contributed by atoms with Gasteiger partial charge in [-0.15, -0.1) is 0 Å². The molecular formula is C19H36O2. The van der Waals surface area contributed by atoms with Crippen LogP contribution in [0.3, 0.4) is 0 Å². The van der Waals surface area contributed by atoms with Crippen molar-refractivity contribution in [3.05, 3.63) is 24.7 Å². The van der Waals surface area contributed by atoms with E-state index in [2.05, 4.69) is 32.9 Å². The predicted molar refractivity (Wildman–Crippen MR) is 92.0 cm³/mol. The number of rotatable bonds is 15. The summed E-state index contributed by atoms with van der Waals surface area (Å²) in [5.74, 6) is 0. The lowest BCUT2D eigenvalue weighted by molar-refractivity contribution is -0.0630. The van der Waals surface area contributed by atoms with E-state index in [0.29, 0.717) is 0 Å². The second kappa shape index (κ2) is 17.1. The number of hydrogen-bond acceptors (Lipinski definition) is 2. The molecule has 0 amide bonds. The number of unbranched alkanes of at least 4 members (excludes halogenated alkanes) is 8. The van der Waals surface area contributed by atoms with E-state index < -0.39 is 0 Å². The van der Waals surface area contributed by atoms with Crippen molar-refractivity contribution in [1.82, 2.24) is 0 Å². The van der Waals surface area contributed by atoms with Gasteiger partial charge in [-0.25, -0.2) is 0 Å². The van der Waals surface area contributed by atoms with Crippen LogP contribution in [0, 0.1) is 0 Å². The summed E-state index contributed by atoms with van der Waals surface area (Å²) in [5.41, 5.74) is 0. The summed E-state index contributed by atoms with van der Waals surface area (Å²) in [6, 6.07) is 0. The first-order chi connectivity index (χ1) is 10.3. The molecular weight excluding hydrogens is 260 g/mol. The molecule has 0 atom stereocenters. The summed E-state index contributed by atoms with van der Waals surface area (Å²) >= 11 is 0. The van der Waals surface area contributed by atoms with Crippen molar-refractivity contribution in [3.8, 4) is 0 Å². The van der Waals surface area contributed by atoms with Crippen molar-refractivity contribution in [1.29, 1.82) is 0 Å². The van der Waals surface area contributed by atoms with Gasteiger partial charge in [0, 0.05) is 6.42 Å². The molecule has 0 N–H and O–H groups in total. The Balaban J connectivity index is 3.56. The fourth-order valence-electron chi connectivity index (χ4n) is 2.02. The topological polar surface area (TPSA) is 18.5 Å². The van der Waals surface area contributed by atoms with Crippen LogP contribution >= 0.6 is 0 Å². The molecule has 0 bridgehead atoms. The maximum absolute atomic E-state index is 5.59. The molecule has 0 aliphatic carbocycles. The average molecular weight is 296 g/mol. The highest BCUT2D eigenvalue weighted by atomic mass is 16.7. The van der Waals surface area contributed by atoms with Gasteiger partial charge in [0.1, 0.15) is 0 Å². The summed E-state index contributed by atoms with van der Waals surface area (Å²) in [5, 5.41) is 0. The Hall–Kier alpha value is -0.920. The van der Waals surface area contributed by atoms with Crippen LogP contribution in [0.25, 0.3) is 0 Å². The van der Waals surface area contributed by atoms with Gasteiger partial charge in [0.05, 0.1) is 12.5 Å². The van der Waals surface area contributed by atoms with Gasteiger partial charge in [-0.3, -0.25) is 0 Å². The minimum absolute atomic E-state index is 0.149. The zero-order chi connectivity index (χ0) is 15.6. The van der Waals surface area contributed by atoms with Crippen molar-refractivity contribution >= 4 is 0 Å². The van der Waals surface area contributed by atoms with Crippen LogP contribution in [0.5, 0.6) is 0 Å². The van der Waals surface area contributed by atoms with Crippen molar-refractivity contribution in [3.63, 3.8) is 0 Å². The lowest BCUT2D eigenvalue weighted by Crippen LogP contribution is -2.09. The molecule has 0 aromatic carbocycles. The fraction of sp³-hybridized carbons (Fsp3) is 0.789. The number of ether oxygens (including phenoxy) is 2. The minimum Gasteiger partial charge on any atom is -0.463 e. The summed E-state index contributed by atoms with van der Waals surface area (Å²) in [6.45, 7) is 6.55. The van der Waals surface area contributed by atoms with Gasteiger partial charge in [-0.05, 0) is 37.8 Å². The van der Waals surface area contributed by atoms with Crippen molar-refractivity contribution < 1.29 is 9.47 Å². The van der Waals surface area contributed by atoms with E-state index in [1.807, 2.05) is 0 Å². The highest BCUT2D eigenvalue weighted by Crippen LogP contribution is 2.07. The first-order valence-electron chi connectivity index (χ1n) is 8.96. The molecule has 0 saturated carbocycles. The Labute approximate surface area is 132 Å². The quantitative estimate of drug-likeness (QED) is 0.190. The standard InChI is InChI=1S/C19H36O2/c1-4-7-9-11-13-15-17-20-19(6-3)21-18-16-14-12-10-8-5-2/h15-19H,4-14H2,1-3H3/b17-15+,18-16+. The SMILES string of the molecule is CCCCCC/C=C/OC(CC)O/C=C/CCCCCC. The summed E-state index contributed by atoms with van der Waals surface area (Å²) in [6.07, 6.45) is 21.1. The zero-order valence-electron chi connectivity index (χ0n) is 14.5. The summed E-state index contributed by atoms with van der Waals surface area (Å²) in [7, 11) is 0. The largest absolute Gasteiger partial charge is 0.463 e. The molecule has 0 unspecified atom stereocenters. The maximum Gasteiger partial charge on any atom is 0.239 e. The fourth-order valence-corrected chi connectivity index (χ4v) is 2.02. The molecule has 2 nitrogen and oxygen atoms in total. The van der Waals surface area contributed by atoms with Crippen LogP contribution in [0.2, 0.25) is 0 Å². The Morgan fingerprint density at radius 3 is 1.52 bits per heavy atom. The van der Waals surface area contributed by atoms with E-state index in [1.165, 1.54) is 51.4 Å². The third kappa shape index (κ3) is 15.3. The Morgan fingerprint density at radius 2 is 1.14 bits per heavy atom. The van der Waals surface area contributed by atoms with E-state index in [-0.39, 0.29) is 6.29 Å². The highest BCUT2D eigenvalue weighted by molar-refractivity contribution is 4.76. The van der Waals surface area contributed by atoms with Gasteiger partial charge >= 0.3 is 0 Å². The molecule has 0 rings (SSSR count). The second-order valence-corrected chi connectivity index (χ2v) is 5.55. The monoisotopic (exact) mass is 296 g/mol. The van der Waals surface area contributed by atoms with Gasteiger partial charge in [-0.1, -0.05) is 59.3 Å². The van der Waals surface area contributed by atoms with Crippen LogP contribution in [0.15, 0.2) is 24.7 Å². The average Bonchev–Trinajstić information content (AvgIpc) is 2.51. The molecule has 0 aliphatic heterocycles. The van der Waals surface area contributed by atoms with Gasteiger partial charge < -0.3 is 9.47 Å². The third-order valence-electron chi connectivity index (χ3n) is 3.44. The predicted octanol–water partition coefficient (Wildman–Crippen LogP) is 6.72. The van der Waals surface area contributed by atoms with Crippen molar-refractivity contribution in [2.75, 3.05) is 0 Å². The summed E-state index contributed by atoms with van der Waals surface area (Å²) in [4.78, 5) is 0. The molecule has 0 fully saturated rings.